The summed E-state index contributed by atoms with van der Waals surface area (Å²) in [5, 5.41) is 3.47. The number of nitrogens with one attached hydrogen (secondary N) is 2. The van der Waals surface area contributed by atoms with Crippen molar-refractivity contribution in [3.8, 4) is 6.01 Å². The summed E-state index contributed by atoms with van der Waals surface area (Å²) in [5.74, 6) is 0.655. The second-order valence-corrected chi connectivity index (χ2v) is 5.42. The highest BCUT2D eigenvalue weighted by atomic mass is 35.5. The predicted molar refractivity (Wildman–Crippen MR) is 87.4 cm³/mol. The van der Waals surface area contributed by atoms with Gasteiger partial charge in [-0.2, -0.15) is 19.5 Å². The fraction of sp³-hybridized carbons (Fsp3) is 0.333. The zero-order valence-electron chi connectivity index (χ0n) is 13.0. The number of hydrogen-bond donors (Lipinski definition) is 2. The van der Waals surface area contributed by atoms with Crippen molar-refractivity contribution in [2.45, 2.75) is 19.9 Å². The Kier molecular flexibility index (Phi) is 4.57. The van der Waals surface area contributed by atoms with Crippen LogP contribution in [-0.2, 0) is 13.6 Å². The van der Waals surface area contributed by atoms with Crippen molar-refractivity contribution in [1.29, 1.82) is 0 Å². The highest BCUT2D eigenvalue weighted by molar-refractivity contribution is 6.28. The fourth-order valence-electron chi connectivity index (χ4n) is 2.26. The van der Waals surface area contributed by atoms with Crippen LogP contribution in [0.1, 0.15) is 18.9 Å². The summed E-state index contributed by atoms with van der Waals surface area (Å²) >= 11 is 6.03. The van der Waals surface area contributed by atoms with E-state index in [0.717, 1.165) is 17.5 Å². The summed E-state index contributed by atoms with van der Waals surface area (Å²) in [5.41, 5.74) is 2.55. The van der Waals surface area contributed by atoms with Crippen molar-refractivity contribution in [1.82, 2.24) is 19.9 Å². The van der Waals surface area contributed by atoms with Crippen LogP contribution in [0.4, 0.5) is 5.82 Å². The molecule has 0 aliphatic rings. The molecule has 3 heterocycles. The number of fused-ring (bicyclic) bond motifs is 1. The lowest BCUT2D eigenvalue weighted by molar-refractivity contribution is -0.650. The Morgan fingerprint density at radius 2 is 2.09 bits per heavy atom. The molecule has 0 atom stereocenters. The molecule has 3 aromatic rings. The Balaban J connectivity index is 1.93. The van der Waals surface area contributed by atoms with Gasteiger partial charge in [0.15, 0.2) is 5.82 Å². The van der Waals surface area contributed by atoms with Gasteiger partial charge in [-0.15, -0.1) is 0 Å². The number of aryl methyl sites for hydroxylation is 1. The molecule has 0 fully saturated rings. The quantitative estimate of drug-likeness (QED) is 0.534. The van der Waals surface area contributed by atoms with Gasteiger partial charge in [-0.1, -0.05) is 6.92 Å². The smallest absolute Gasteiger partial charge is 0.431 e. The summed E-state index contributed by atoms with van der Waals surface area (Å²) in [6, 6.07) is 4.52. The topological polar surface area (TPSA) is 79.6 Å². The number of anilines is 1. The molecule has 0 aliphatic heterocycles. The third-order valence-electron chi connectivity index (χ3n) is 3.37. The Bertz CT molecular complexity index is 805. The zero-order valence-corrected chi connectivity index (χ0v) is 13.8. The molecule has 0 saturated heterocycles. The van der Waals surface area contributed by atoms with Crippen molar-refractivity contribution in [3.63, 3.8) is 0 Å². The highest BCUT2D eigenvalue weighted by Crippen LogP contribution is 2.21. The number of aromatic amines is 1. The van der Waals surface area contributed by atoms with Gasteiger partial charge in [-0.3, -0.25) is 4.98 Å². The van der Waals surface area contributed by atoms with Crippen LogP contribution in [0.3, 0.4) is 0 Å². The fourth-order valence-corrected chi connectivity index (χ4v) is 2.43. The third kappa shape index (κ3) is 3.34. The molecule has 0 unspecified atom stereocenters. The molecule has 0 aliphatic carbocycles. The minimum Gasteiger partial charge on any atom is -0.431 e. The number of aromatic nitrogens is 5. The standard InChI is InChI=1S/C15H17ClN6O/c1-3-8-23-15-21-13-11(22(15)2)12(19-14(16)20-13)18-9-10-4-6-17-7-5-10/h4-7H,3,8-9H2,1-2H3,(H,18,19,20)/p+1. The van der Waals surface area contributed by atoms with Crippen molar-refractivity contribution in [2.24, 2.45) is 7.05 Å². The molecule has 3 rings (SSSR count). The first-order valence-electron chi connectivity index (χ1n) is 7.40. The van der Waals surface area contributed by atoms with E-state index in [4.69, 9.17) is 16.3 Å². The first kappa shape index (κ1) is 15.5. The minimum atomic E-state index is 0.179. The molecule has 120 valence electrons. The van der Waals surface area contributed by atoms with Gasteiger partial charge in [0.05, 0.1) is 13.7 Å². The molecule has 0 amide bonds. The Labute approximate surface area is 138 Å². The Morgan fingerprint density at radius 3 is 2.83 bits per heavy atom. The maximum atomic E-state index is 6.03. The summed E-state index contributed by atoms with van der Waals surface area (Å²) < 4.78 is 7.57. The van der Waals surface area contributed by atoms with E-state index in [2.05, 4.69) is 32.2 Å². The monoisotopic (exact) mass is 333 g/mol. The number of rotatable bonds is 6. The molecule has 0 radical (unpaired) electrons. The molecule has 0 saturated carbocycles. The van der Waals surface area contributed by atoms with E-state index in [1.165, 1.54) is 0 Å². The van der Waals surface area contributed by atoms with Crippen molar-refractivity contribution in [2.75, 3.05) is 11.9 Å². The maximum Gasteiger partial charge on any atom is 0.456 e. The number of nitrogens with zero attached hydrogens (tertiary/aromatic N) is 4. The van der Waals surface area contributed by atoms with Crippen LogP contribution >= 0.6 is 11.6 Å². The van der Waals surface area contributed by atoms with E-state index < -0.39 is 0 Å². The van der Waals surface area contributed by atoms with E-state index in [1.807, 2.05) is 23.7 Å². The van der Waals surface area contributed by atoms with Crippen LogP contribution in [0.25, 0.3) is 11.2 Å². The average Bonchev–Trinajstić information content (AvgIpc) is 2.87. The number of pyridine rings is 1. The maximum absolute atomic E-state index is 6.03. The number of hydrogen-bond acceptors (Lipinski definition) is 5. The predicted octanol–water partition coefficient (Wildman–Crippen LogP) is 2.23. The van der Waals surface area contributed by atoms with Gasteiger partial charge in [0, 0.05) is 18.9 Å². The summed E-state index contributed by atoms with van der Waals surface area (Å²) in [6.07, 6.45) is 4.44. The van der Waals surface area contributed by atoms with Crippen LogP contribution in [0.15, 0.2) is 24.5 Å². The third-order valence-corrected chi connectivity index (χ3v) is 3.54. The van der Waals surface area contributed by atoms with E-state index in [9.17, 15) is 0 Å². The zero-order chi connectivity index (χ0) is 16.2. The minimum absolute atomic E-state index is 0.179. The van der Waals surface area contributed by atoms with Gasteiger partial charge in [-0.05, 0) is 35.7 Å². The number of imidazole rings is 1. The lowest BCUT2D eigenvalue weighted by Crippen LogP contribution is -2.30. The van der Waals surface area contributed by atoms with Crippen molar-refractivity contribution >= 4 is 28.6 Å². The van der Waals surface area contributed by atoms with Crippen molar-refractivity contribution < 1.29 is 9.30 Å². The second kappa shape index (κ2) is 6.78. The molecule has 0 aromatic carbocycles. The SMILES string of the molecule is CCCOc1[nH]c2nc(Cl)nc(NCc3ccncc3)c2[n+]1C. The van der Waals surface area contributed by atoms with Crippen molar-refractivity contribution in [3.05, 3.63) is 35.4 Å². The average molecular weight is 334 g/mol. The van der Waals surface area contributed by atoms with Gasteiger partial charge >= 0.3 is 6.01 Å². The second-order valence-electron chi connectivity index (χ2n) is 5.09. The van der Waals surface area contributed by atoms with E-state index in [-0.39, 0.29) is 5.28 Å². The molecule has 2 N–H and O–H groups in total. The van der Waals surface area contributed by atoms with E-state index >= 15 is 0 Å². The molecule has 3 aromatic heterocycles. The molecular formula is C15H18ClN6O+. The molecule has 7 nitrogen and oxygen atoms in total. The Hall–Kier alpha value is -2.41. The summed E-state index contributed by atoms with van der Waals surface area (Å²) in [4.78, 5) is 15.7. The number of halogens is 1. The number of ether oxygens (including phenoxy) is 1. The van der Waals surface area contributed by atoms with Crippen LogP contribution in [0, 0.1) is 0 Å². The molecular weight excluding hydrogens is 316 g/mol. The summed E-state index contributed by atoms with van der Waals surface area (Å²) in [6.45, 7) is 3.30. The first-order valence-corrected chi connectivity index (χ1v) is 7.77. The molecule has 23 heavy (non-hydrogen) atoms. The first-order chi connectivity index (χ1) is 11.2. The van der Waals surface area contributed by atoms with E-state index in [0.29, 0.717) is 30.6 Å². The Morgan fingerprint density at radius 1 is 1.30 bits per heavy atom. The van der Waals surface area contributed by atoms with Gasteiger partial charge in [0.25, 0.3) is 5.65 Å². The van der Waals surface area contributed by atoms with Gasteiger partial charge in [0.1, 0.15) is 0 Å². The van der Waals surface area contributed by atoms with Gasteiger partial charge < -0.3 is 10.1 Å². The largest absolute Gasteiger partial charge is 0.456 e. The van der Waals surface area contributed by atoms with Crippen LogP contribution < -0.4 is 14.6 Å². The molecule has 0 spiro atoms. The van der Waals surface area contributed by atoms with Crippen LogP contribution in [-0.4, -0.2) is 26.5 Å². The summed E-state index contributed by atoms with van der Waals surface area (Å²) in [7, 11) is 1.90. The molecule has 0 bridgehead atoms. The van der Waals surface area contributed by atoms with Crippen LogP contribution in [0.2, 0.25) is 5.28 Å². The number of H-pyrrole nitrogens is 1. The highest BCUT2D eigenvalue weighted by Gasteiger charge is 2.23. The lowest BCUT2D eigenvalue weighted by atomic mass is 10.3. The van der Waals surface area contributed by atoms with Crippen LogP contribution in [0.5, 0.6) is 6.01 Å². The van der Waals surface area contributed by atoms with E-state index in [1.54, 1.807) is 12.4 Å². The molecule has 8 heteroatoms. The lowest BCUT2D eigenvalue weighted by Gasteiger charge is -2.05. The van der Waals surface area contributed by atoms with Gasteiger partial charge in [0.2, 0.25) is 10.8 Å². The normalized spacial score (nSPS) is 10.9. The van der Waals surface area contributed by atoms with Gasteiger partial charge in [-0.25, -0.2) is 0 Å².